The molecule has 1 aromatic heterocycles. The summed E-state index contributed by atoms with van der Waals surface area (Å²) in [6.07, 6.45) is 3.31. The van der Waals surface area contributed by atoms with Crippen LogP contribution in [0.5, 0.6) is 0 Å². The van der Waals surface area contributed by atoms with Gasteiger partial charge in [-0.2, -0.15) is 0 Å². The molecule has 0 saturated carbocycles. The van der Waals surface area contributed by atoms with Crippen LogP contribution in [0.4, 0.5) is 11.5 Å². The van der Waals surface area contributed by atoms with Crippen LogP contribution in [0.1, 0.15) is 29.8 Å². The molecule has 0 radical (unpaired) electrons. The van der Waals surface area contributed by atoms with E-state index >= 15 is 0 Å². The molecule has 2 heterocycles. The number of anilines is 1. The van der Waals surface area contributed by atoms with E-state index in [9.17, 15) is 4.79 Å². The fraction of sp³-hybridized carbons (Fsp3) is 0.417. The van der Waals surface area contributed by atoms with Crippen molar-refractivity contribution in [3.63, 3.8) is 0 Å². The minimum atomic E-state index is -1.06. The van der Waals surface area contributed by atoms with Crippen molar-refractivity contribution in [2.75, 3.05) is 18.0 Å². The molecule has 0 spiro atoms. The normalized spacial score (nSPS) is 15.4. The number of rotatable bonds is 2. The van der Waals surface area contributed by atoms with Crippen LogP contribution in [0.15, 0.2) is 12.1 Å². The summed E-state index contributed by atoms with van der Waals surface area (Å²) >= 11 is 0. The molecule has 2 rings (SSSR count). The predicted octanol–water partition coefficient (Wildman–Crippen LogP) is 2.32. The highest BCUT2D eigenvalue weighted by Gasteiger charge is 2.18. The van der Waals surface area contributed by atoms with E-state index in [-0.39, 0.29) is 5.69 Å². The lowest BCUT2D eigenvalue weighted by Crippen LogP contribution is -2.30. The van der Waals surface area contributed by atoms with E-state index in [1.807, 2.05) is 4.90 Å². The zero-order valence-corrected chi connectivity index (χ0v) is 9.39. The van der Waals surface area contributed by atoms with E-state index in [2.05, 4.69) is 9.83 Å². The number of aromatic nitrogens is 1. The van der Waals surface area contributed by atoms with E-state index < -0.39 is 5.97 Å². The van der Waals surface area contributed by atoms with Crippen molar-refractivity contribution >= 4 is 17.5 Å². The molecule has 0 aromatic carbocycles. The lowest BCUT2D eigenvalue weighted by Gasteiger charge is -2.28. The Hall–Kier alpha value is -2.09. The van der Waals surface area contributed by atoms with E-state index in [1.54, 1.807) is 0 Å². The van der Waals surface area contributed by atoms with Crippen LogP contribution < -0.4 is 4.90 Å². The molecule has 0 bridgehead atoms. The minimum absolute atomic E-state index is 0.00188. The highest BCUT2D eigenvalue weighted by molar-refractivity contribution is 5.87. The number of carboxylic acids is 1. The van der Waals surface area contributed by atoms with Gasteiger partial charge in [0.25, 0.3) is 0 Å². The quantitative estimate of drug-likeness (QED) is 0.793. The summed E-state index contributed by atoms with van der Waals surface area (Å²) in [6, 6.07) is 2.91. The first kappa shape index (κ1) is 11.4. The number of aromatic carboxylic acids is 1. The van der Waals surface area contributed by atoms with E-state index in [0.29, 0.717) is 11.5 Å². The first-order valence-electron chi connectivity index (χ1n) is 5.59. The van der Waals surface area contributed by atoms with Gasteiger partial charge in [0.1, 0.15) is 11.5 Å². The second kappa shape index (κ2) is 4.83. The average Bonchev–Trinajstić information content (AvgIpc) is 2.39. The number of piperidine rings is 1. The first-order valence-corrected chi connectivity index (χ1v) is 5.59. The number of carbonyl (C=O) groups is 1. The molecule has 0 aliphatic carbocycles. The Labute approximate surface area is 99.5 Å². The maximum atomic E-state index is 10.9. The molecule has 88 valence electrons. The van der Waals surface area contributed by atoms with E-state index in [4.69, 9.17) is 11.7 Å². The summed E-state index contributed by atoms with van der Waals surface area (Å²) in [6.45, 7) is 8.78. The Kier molecular flexibility index (Phi) is 3.24. The zero-order chi connectivity index (χ0) is 12.3. The fourth-order valence-electron chi connectivity index (χ4n) is 1.99. The largest absolute Gasteiger partial charge is 0.477 e. The SMILES string of the molecule is [C-]#[N+]c1ccc(C(=O)O)nc1N1CCCCC1. The Morgan fingerprint density at radius 2 is 2.06 bits per heavy atom. The second-order valence-corrected chi connectivity index (χ2v) is 4.00. The Bertz CT molecular complexity index is 473. The van der Waals surface area contributed by atoms with Gasteiger partial charge in [-0.05, 0) is 25.3 Å². The smallest absolute Gasteiger partial charge is 0.354 e. The number of pyridine rings is 1. The van der Waals surface area contributed by atoms with Gasteiger partial charge >= 0.3 is 5.97 Å². The van der Waals surface area contributed by atoms with Crippen LogP contribution >= 0.6 is 0 Å². The van der Waals surface area contributed by atoms with Gasteiger partial charge in [-0.3, -0.25) is 0 Å². The summed E-state index contributed by atoms with van der Waals surface area (Å²) < 4.78 is 0. The van der Waals surface area contributed by atoms with Crippen molar-refractivity contribution < 1.29 is 9.90 Å². The summed E-state index contributed by atoms with van der Waals surface area (Å²) in [7, 11) is 0. The molecule has 0 amide bonds. The average molecular weight is 231 g/mol. The lowest BCUT2D eigenvalue weighted by molar-refractivity contribution is 0.0690. The van der Waals surface area contributed by atoms with Crippen LogP contribution in [0.25, 0.3) is 4.85 Å². The third kappa shape index (κ3) is 2.36. The molecule has 1 saturated heterocycles. The van der Waals surface area contributed by atoms with Crippen molar-refractivity contribution in [1.29, 1.82) is 0 Å². The molecule has 0 atom stereocenters. The summed E-state index contributed by atoms with van der Waals surface area (Å²) in [5, 5.41) is 8.91. The van der Waals surface area contributed by atoms with Crippen LogP contribution in [-0.2, 0) is 0 Å². The van der Waals surface area contributed by atoms with Crippen molar-refractivity contribution in [3.8, 4) is 0 Å². The van der Waals surface area contributed by atoms with Gasteiger partial charge in [-0.25, -0.2) is 14.6 Å². The molecule has 1 aromatic rings. The van der Waals surface area contributed by atoms with Gasteiger partial charge in [0.15, 0.2) is 0 Å². The number of hydrogen-bond acceptors (Lipinski definition) is 3. The van der Waals surface area contributed by atoms with E-state index in [1.165, 1.54) is 18.6 Å². The third-order valence-corrected chi connectivity index (χ3v) is 2.85. The number of hydrogen-bond donors (Lipinski definition) is 1. The van der Waals surface area contributed by atoms with Crippen LogP contribution in [0, 0.1) is 6.57 Å². The molecule has 1 aliphatic rings. The van der Waals surface area contributed by atoms with Gasteiger partial charge < -0.3 is 10.0 Å². The molecular formula is C12H13N3O2. The van der Waals surface area contributed by atoms with Crippen LogP contribution in [0.2, 0.25) is 0 Å². The molecule has 5 heteroatoms. The highest BCUT2D eigenvalue weighted by atomic mass is 16.4. The molecule has 17 heavy (non-hydrogen) atoms. The maximum absolute atomic E-state index is 10.9. The van der Waals surface area contributed by atoms with Crippen LogP contribution in [-0.4, -0.2) is 29.1 Å². The second-order valence-electron chi connectivity index (χ2n) is 4.00. The Morgan fingerprint density at radius 3 is 2.65 bits per heavy atom. The van der Waals surface area contributed by atoms with Gasteiger partial charge in [0, 0.05) is 13.1 Å². The number of carboxylic acid groups (broad SMARTS) is 1. The standard InChI is InChI=1S/C12H13N3O2/c1-13-9-5-6-10(12(16)17)14-11(9)15-7-3-2-4-8-15/h5-6H,2-4,7-8H2,(H,16,17). The third-order valence-electron chi connectivity index (χ3n) is 2.85. The minimum Gasteiger partial charge on any atom is -0.477 e. The van der Waals surface area contributed by atoms with Gasteiger partial charge in [-0.15, -0.1) is 0 Å². The van der Waals surface area contributed by atoms with Gasteiger partial charge in [0.2, 0.25) is 5.69 Å². The number of nitrogens with zero attached hydrogens (tertiary/aromatic N) is 3. The summed E-state index contributed by atoms with van der Waals surface area (Å²) in [4.78, 5) is 20.4. The molecule has 1 aliphatic heterocycles. The molecule has 0 unspecified atom stereocenters. The van der Waals surface area contributed by atoms with Gasteiger partial charge in [-0.1, -0.05) is 6.07 Å². The molecular weight excluding hydrogens is 218 g/mol. The van der Waals surface area contributed by atoms with Crippen molar-refractivity contribution in [1.82, 2.24) is 4.98 Å². The van der Waals surface area contributed by atoms with Crippen molar-refractivity contribution in [2.24, 2.45) is 0 Å². The van der Waals surface area contributed by atoms with Crippen molar-refractivity contribution in [3.05, 3.63) is 29.2 Å². The Morgan fingerprint density at radius 1 is 1.35 bits per heavy atom. The maximum Gasteiger partial charge on any atom is 0.354 e. The predicted molar refractivity (Wildman–Crippen MR) is 63.5 cm³/mol. The van der Waals surface area contributed by atoms with Crippen molar-refractivity contribution in [2.45, 2.75) is 19.3 Å². The topological polar surface area (TPSA) is 57.8 Å². The molecule has 5 nitrogen and oxygen atoms in total. The zero-order valence-electron chi connectivity index (χ0n) is 9.39. The first-order chi connectivity index (χ1) is 8.22. The highest BCUT2D eigenvalue weighted by Crippen LogP contribution is 2.29. The monoisotopic (exact) mass is 231 g/mol. The van der Waals surface area contributed by atoms with Crippen LogP contribution in [0.3, 0.4) is 0 Å². The summed E-state index contributed by atoms with van der Waals surface area (Å²) in [5.41, 5.74) is 0.426. The van der Waals surface area contributed by atoms with E-state index in [0.717, 1.165) is 25.9 Å². The van der Waals surface area contributed by atoms with Gasteiger partial charge in [0.05, 0.1) is 6.57 Å². The molecule has 1 N–H and O–H groups in total. The fourth-order valence-corrected chi connectivity index (χ4v) is 1.99. The lowest BCUT2D eigenvalue weighted by atomic mass is 10.1. The Balaban J connectivity index is 2.38. The summed E-state index contributed by atoms with van der Waals surface area (Å²) in [5.74, 6) is -0.542. The molecule has 1 fully saturated rings.